The molecule has 4 heteroatoms. The largest absolute Gasteiger partial charge is 0.384 e. The fraction of sp³-hybridized carbons (Fsp3) is 0.647. The van der Waals surface area contributed by atoms with Crippen molar-refractivity contribution in [3.63, 3.8) is 0 Å². The molecule has 0 aromatic carbocycles. The summed E-state index contributed by atoms with van der Waals surface area (Å²) >= 11 is 0. The smallest absolute Gasteiger partial charge is 0.140 e. The molecule has 1 aliphatic rings. The van der Waals surface area contributed by atoms with Crippen LogP contribution in [-0.2, 0) is 0 Å². The summed E-state index contributed by atoms with van der Waals surface area (Å²) in [6, 6.07) is 2.49. The van der Waals surface area contributed by atoms with Gasteiger partial charge in [0.1, 0.15) is 11.7 Å². The van der Waals surface area contributed by atoms with E-state index in [4.69, 9.17) is 11.1 Å². The Labute approximate surface area is 128 Å². The zero-order chi connectivity index (χ0) is 15.4. The molecule has 1 heterocycles. The Kier molecular flexibility index (Phi) is 5.21. The number of hydrogen-bond donors (Lipinski definition) is 2. The number of aromatic nitrogens is 1. The van der Waals surface area contributed by atoms with Crippen LogP contribution in [0.5, 0.6) is 0 Å². The van der Waals surface area contributed by atoms with Crippen LogP contribution in [0.25, 0.3) is 0 Å². The zero-order valence-electron chi connectivity index (χ0n) is 13.5. The molecule has 116 valence electrons. The highest BCUT2D eigenvalue weighted by molar-refractivity contribution is 6.01. The van der Waals surface area contributed by atoms with Gasteiger partial charge in [-0.3, -0.25) is 5.41 Å². The van der Waals surface area contributed by atoms with Crippen LogP contribution in [0.2, 0.25) is 0 Å². The second-order valence-corrected chi connectivity index (χ2v) is 6.55. The molecule has 2 rings (SSSR count). The quantitative estimate of drug-likeness (QED) is 0.622. The van der Waals surface area contributed by atoms with Crippen LogP contribution in [0.1, 0.15) is 57.1 Å². The monoisotopic (exact) mass is 288 g/mol. The van der Waals surface area contributed by atoms with Gasteiger partial charge >= 0.3 is 0 Å². The number of nitrogens with zero attached hydrogens (tertiary/aromatic N) is 2. The zero-order valence-corrected chi connectivity index (χ0v) is 13.5. The van der Waals surface area contributed by atoms with E-state index >= 15 is 0 Å². The summed E-state index contributed by atoms with van der Waals surface area (Å²) in [5.41, 5.74) is 7.68. The lowest BCUT2D eigenvalue weighted by atomic mass is 10.1. The molecule has 1 fully saturated rings. The number of hydrogen-bond acceptors (Lipinski definition) is 3. The van der Waals surface area contributed by atoms with E-state index in [0.29, 0.717) is 12.0 Å². The van der Waals surface area contributed by atoms with E-state index in [-0.39, 0.29) is 5.84 Å². The molecule has 4 nitrogen and oxygen atoms in total. The molecular weight excluding hydrogens is 260 g/mol. The van der Waals surface area contributed by atoms with Crippen LogP contribution in [0.15, 0.2) is 12.3 Å². The number of nitrogens with one attached hydrogen (secondary N) is 1. The van der Waals surface area contributed by atoms with E-state index in [1.165, 1.54) is 25.7 Å². The third-order valence-electron chi connectivity index (χ3n) is 4.39. The van der Waals surface area contributed by atoms with Gasteiger partial charge in [0.2, 0.25) is 0 Å². The molecule has 0 radical (unpaired) electrons. The van der Waals surface area contributed by atoms with Crippen molar-refractivity contribution < 1.29 is 0 Å². The molecule has 0 aliphatic heterocycles. The summed E-state index contributed by atoms with van der Waals surface area (Å²) in [6.07, 6.45) is 8.03. The molecule has 0 bridgehead atoms. The van der Waals surface area contributed by atoms with Gasteiger partial charge < -0.3 is 10.6 Å². The van der Waals surface area contributed by atoms with Crippen LogP contribution in [0.3, 0.4) is 0 Å². The van der Waals surface area contributed by atoms with Gasteiger partial charge in [0.05, 0.1) is 5.56 Å². The van der Waals surface area contributed by atoms with E-state index in [1.807, 2.05) is 19.2 Å². The minimum atomic E-state index is 0.128. The average molecular weight is 288 g/mol. The molecular formula is C17H28N4. The van der Waals surface area contributed by atoms with E-state index < -0.39 is 0 Å². The Morgan fingerprint density at radius 3 is 2.67 bits per heavy atom. The topological polar surface area (TPSA) is 66.0 Å². The van der Waals surface area contributed by atoms with Crippen molar-refractivity contribution in [2.24, 2.45) is 11.7 Å². The number of amidine groups is 1. The maximum atomic E-state index is 7.91. The lowest BCUT2D eigenvalue weighted by Crippen LogP contribution is -2.37. The highest BCUT2D eigenvalue weighted by Crippen LogP contribution is 2.30. The van der Waals surface area contributed by atoms with Crippen LogP contribution in [0.4, 0.5) is 5.82 Å². The average Bonchev–Trinajstić information content (AvgIpc) is 2.92. The Hall–Kier alpha value is -1.58. The van der Waals surface area contributed by atoms with E-state index in [0.717, 1.165) is 29.9 Å². The molecule has 0 atom stereocenters. The van der Waals surface area contributed by atoms with Gasteiger partial charge in [-0.15, -0.1) is 0 Å². The Balaban J connectivity index is 2.35. The van der Waals surface area contributed by atoms with E-state index in [1.54, 1.807) is 0 Å². The second-order valence-electron chi connectivity index (χ2n) is 6.55. The van der Waals surface area contributed by atoms with Gasteiger partial charge in [-0.05, 0) is 43.7 Å². The standard InChI is InChI=1S/C17H28N4/c1-12(2)9-11-21(14-6-4-5-7-14)17-15(16(18)19)13(3)8-10-20-17/h8,10,12,14H,4-7,9,11H2,1-3H3,(H3,18,19). The predicted octanol–water partition coefficient (Wildman–Crippen LogP) is 3.47. The van der Waals surface area contributed by atoms with Gasteiger partial charge in [0.15, 0.2) is 0 Å². The maximum Gasteiger partial charge on any atom is 0.140 e. The summed E-state index contributed by atoms with van der Waals surface area (Å²) in [6.45, 7) is 7.51. The van der Waals surface area contributed by atoms with Gasteiger partial charge in [-0.1, -0.05) is 26.7 Å². The molecule has 1 aromatic rings. The normalized spacial score (nSPS) is 15.6. The van der Waals surface area contributed by atoms with Gasteiger partial charge in [-0.25, -0.2) is 4.98 Å². The Bertz CT molecular complexity index is 490. The number of aryl methyl sites for hydroxylation is 1. The molecule has 1 aromatic heterocycles. The predicted molar refractivity (Wildman–Crippen MR) is 89.0 cm³/mol. The summed E-state index contributed by atoms with van der Waals surface area (Å²) in [5.74, 6) is 1.71. The highest BCUT2D eigenvalue weighted by atomic mass is 15.2. The molecule has 0 amide bonds. The van der Waals surface area contributed by atoms with Crippen molar-refractivity contribution in [3.05, 3.63) is 23.4 Å². The Morgan fingerprint density at radius 2 is 2.10 bits per heavy atom. The minimum absolute atomic E-state index is 0.128. The van der Waals surface area contributed by atoms with Crippen LogP contribution in [-0.4, -0.2) is 23.4 Å². The van der Waals surface area contributed by atoms with Crippen LogP contribution >= 0.6 is 0 Å². The van der Waals surface area contributed by atoms with Gasteiger partial charge in [0.25, 0.3) is 0 Å². The van der Waals surface area contributed by atoms with Gasteiger partial charge in [0, 0.05) is 18.8 Å². The van der Waals surface area contributed by atoms with Crippen molar-refractivity contribution in [1.82, 2.24) is 4.98 Å². The molecule has 0 unspecified atom stereocenters. The fourth-order valence-electron chi connectivity index (χ4n) is 3.17. The number of rotatable bonds is 6. The van der Waals surface area contributed by atoms with Crippen LogP contribution < -0.4 is 10.6 Å². The van der Waals surface area contributed by atoms with Crippen molar-refractivity contribution in [1.29, 1.82) is 5.41 Å². The summed E-state index contributed by atoms with van der Waals surface area (Å²) in [5, 5.41) is 7.91. The van der Waals surface area contributed by atoms with E-state index in [2.05, 4.69) is 23.7 Å². The molecule has 21 heavy (non-hydrogen) atoms. The lowest BCUT2D eigenvalue weighted by molar-refractivity contribution is 0.524. The first-order chi connectivity index (χ1) is 10.0. The minimum Gasteiger partial charge on any atom is -0.384 e. The number of anilines is 1. The second kappa shape index (κ2) is 6.92. The van der Waals surface area contributed by atoms with Crippen molar-refractivity contribution in [2.75, 3.05) is 11.4 Å². The van der Waals surface area contributed by atoms with Crippen molar-refractivity contribution in [3.8, 4) is 0 Å². The third-order valence-corrected chi connectivity index (χ3v) is 4.39. The molecule has 3 N–H and O–H groups in total. The number of pyridine rings is 1. The first kappa shape index (κ1) is 15.8. The number of nitrogens with two attached hydrogens (primary N) is 1. The molecule has 0 saturated heterocycles. The van der Waals surface area contributed by atoms with E-state index in [9.17, 15) is 0 Å². The van der Waals surface area contributed by atoms with Gasteiger partial charge in [-0.2, -0.15) is 0 Å². The summed E-state index contributed by atoms with van der Waals surface area (Å²) < 4.78 is 0. The fourth-order valence-corrected chi connectivity index (χ4v) is 3.17. The number of nitrogen functional groups attached to an aromatic ring is 1. The van der Waals surface area contributed by atoms with Crippen molar-refractivity contribution >= 4 is 11.7 Å². The van der Waals surface area contributed by atoms with Crippen molar-refractivity contribution in [2.45, 2.75) is 58.9 Å². The first-order valence-electron chi connectivity index (χ1n) is 8.07. The van der Waals surface area contributed by atoms with Crippen LogP contribution in [0, 0.1) is 18.3 Å². The SMILES string of the molecule is Cc1ccnc(N(CCC(C)C)C2CCCC2)c1C(=N)N. The Morgan fingerprint density at radius 1 is 1.43 bits per heavy atom. The molecule has 0 spiro atoms. The third kappa shape index (κ3) is 3.74. The lowest BCUT2D eigenvalue weighted by Gasteiger charge is -2.32. The highest BCUT2D eigenvalue weighted by Gasteiger charge is 2.26. The summed E-state index contributed by atoms with van der Waals surface area (Å²) in [7, 11) is 0. The maximum absolute atomic E-state index is 7.91. The molecule has 1 saturated carbocycles. The summed E-state index contributed by atoms with van der Waals surface area (Å²) in [4.78, 5) is 7.00. The molecule has 1 aliphatic carbocycles. The first-order valence-corrected chi connectivity index (χ1v) is 8.07.